The Morgan fingerprint density at radius 2 is 2.15 bits per heavy atom. The molecule has 0 bridgehead atoms. The predicted octanol–water partition coefficient (Wildman–Crippen LogP) is 2.99. The van der Waals surface area contributed by atoms with Gasteiger partial charge in [0.25, 0.3) is 11.6 Å². The Hall–Kier alpha value is -2.63. The van der Waals surface area contributed by atoms with Gasteiger partial charge in [0.05, 0.1) is 17.2 Å². The van der Waals surface area contributed by atoms with E-state index in [0.29, 0.717) is 16.9 Å². The summed E-state index contributed by atoms with van der Waals surface area (Å²) in [5, 5.41) is 13.5. The monoisotopic (exact) mass is 274 g/mol. The number of rotatable bonds is 4. The molecule has 1 aromatic carbocycles. The van der Waals surface area contributed by atoms with E-state index < -0.39 is 4.92 Å². The van der Waals surface area contributed by atoms with Crippen LogP contribution in [0, 0.1) is 17.0 Å². The molecular weight excluding hydrogens is 260 g/mol. The number of aryl methyl sites for hydroxylation is 1. The van der Waals surface area contributed by atoms with Crippen molar-refractivity contribution in [2.75, 3.05) is 0 Å². The van der Waals surface area contributed by atoms with Gasteiger partial charge in [-0.05, 0) is 38.1 Å². The van der Waals surface area contributed by atoms with E-state index in [9.17, 15) is 14.9 Å². The summed E-state index contributed by atoms with van der Waals surface area (Å²) in [5.74, 6) is 0.351. The maximum Gasteiger partial charge on any atom is 0.272 e. The molecule has 1 amide bonds. The molecule has 0 fully saturated rings. The van der Waals surface area contributed by atoms with Gasteiger partial charge < -0.3 is 9.73 Å². The fourth-order valence-corrected chi connectivity index (χ4v) is 1.89. The third-order valence-electron chi connectivity index (χ3n) is 2.97. The molecule has 0 aliphatic rings. The van der Waals surface area contributed by atoms with Crippen molar-refractivity contribution in [1.29, 1.82) is 0 Å². The standard InChI is InChI=1S/C14H14N2O4/c1-9-8-11(5-6-12(9)16(18)19)14(17)15-10(2)13-4-3-7-20-13/h3-8,10H,1-2H3,(H,15,17)/t10-/m0/s1. The zero-order chi connectivity index (χ0) is 14.7. The van der Waals surface area contributed by atoms with Gasteiger partial charge in [-0.15, -0.1) is 0 Å². The second-order valence-corrected chi connectivity index (χ2v) is 4.47. The number of nitrogens with zero attached hydrogens (tertiary/aromatic N) is 1. The van der Waals surface area contributed by atoms with Crippen LogP contribution in [0.15, 0.2) is 41.0 Å². The fourth-order valence-electron chi connectivity index (χ4n) is 1.89. The lowest BCUT2D eigenvalue weighted by Gasteiger charge is -2.11. The minimum absolute atomic E-state index is 0.000586. The topological polar surface area (TPSA) is 85.4 Å². The second-order valence-electron chi connectivity index (χ2n) is 4.47. The van der Waals surface area contributed by atoms with Crippen LogP contribution in [0.3, 0.4) is 0 Å². The Morgan fingerprint density at radius 1 is 1.40 bits per heavy atom. The van der Waals surface area contributed by atoms with E-state index in [2.05, 4.69) is 5.32 Å². The van der Waals surface area contributed by atoms with E-state index in [1.165, 1.54) is 24.5 Å². The van der Waals surface area contributed by atoms with Crippen LogP contribution in [0.1, 0.15) is 34.6 Å². The Morgan fingerprint density at radius 3 is 2.70 bits per heavy atom. The number of carbonyl (C=O) groups is 1. The van der Waals surface area contributed by atoms with Crippen LogP contribution in [0.25, 0.3) is 0 Å². The van der Waals surface area contributed by atoms with Crippen LogP contribution in [-0.4, -0.2) is 10.8 Å². The number of benzene rings is 1. The number of hydrogen-bond acceptors (Lipinski definition) is 4. The Kier molecular flexibility index (Phi) is 3.84. The molecule has 20 heavy (non-hydrogen) atoms. The Bertz CT molecular complexity index is 635. The zero-order valence-corrected chi connectivity index (χ0v) is 11.1. The molecule has 0 saturated heterocycles. The lowest BCUT2D eigenvalue weighted by Crippen LogP contribution is -2.26. The van der Waals surface area contributed by atoms with Crippen molar-refractivity contribution in [3.63, 3.8) is 0 Å². The fraction of sp³-hybridized carbons (Fsp3) is 0.214. The molecule has 104 valence electrons. The number of nitrogens with one attached hydrogen (secondary N) is 1. The van der Waals surface area contributed by atoms with Gasteiger partial charge >= 0.3 is 0 Å². The number of carbonyl (C=O) groups excluding carboxylic acids is 1. The first-order valence-electron chi connectivity index (χ1n) is 6.08. The van der Waals surface area contributed by atoms with E-state index in [4.69, 9.17) is 4.42 Å². The Balaban J connectivity index is 2.14. The van der Waals surface area contributed by atoms with E-state index in [1.807, 2.05) is 0 Å². The lowest BCUT2D eigenvalue weighted by atomic mass is 10.1. The first kappa shape index (κ1) is 13.8. The summed E-state index contributed by atoms with van der Waals surface area (Å²) >= 11 is 0. The molecule has 1 N–H and O–H groups in total. The van der Waals surface area contributed by atoms with E-state index in [-0.39, 0.29) is 17.6 Å². The molecule has 1 atom stereocenters. The van der Waals surface area contributed by atoms with Gasteiger partial charge in [-0.2, -0.15) is 0 Å². The highest BCUT2D eigenvalue weighted by Gasteiger charge is 2.16. The molecule has 0 unspecified atom stereocenters. The summed E-state index contributed by atoms with van der Waals surface area (Å²) in [4.78, 5) is 22.3. The van der Waals surface area contributed by atoms with Crippen molar-refractivity contribution < 1.29 is 14.1 Å². The minimum Gasteiger partial charge on any atom is -0.467 e. The van der Waals surface area contributed by atoms with Gasteiger partial charge in [0.15, 0.2) is 0 Å². The SMILES string of the molecule is Cc1cc(C(=O)N[C@@H](C)c2ccco2)ccc1[N+](=O)[O-]. The summed E-state index contributed by atoms with van der Waals surface area (Å²) in [5.41, 5.74) is 0.834. The van der Waals surface area contributed by atoms with E-state index >= 15 is 0 Å². The smallest absolute Gasteiger partial charge is 0.272 e. The summed E-state index contributed by atoms with van der Waals surface area (Å²) in [6, 6.07) is 7.52. The predicted molar refractivity (Wildman–Crippen MR) is 72.4 cm³/mol. The van der Waals surface area contributed by atoms with Crippen LogP contribution in [0.2, 0.25) is 0 Å². The van der Waals surface area contributed by atoms with E-state index in [0.717, 1.165) is 0 Å². The highest BCUT2D eigenvalue weighted by atomic mass is 16.6. The van der Waals surface area contributed by atoms with Gasteiger partial charge in [-0.1, -0.05) is 0 Å². The Labute approximate surface area is 115 Å². The molecule has 1 aromatic heterocycles. The maximum absolute atomic E-state index is 12.1. The molecule has 0 saturated carbocycles. The van der Waals surface area contributed by atoms with Gasteiger partial charge in [-0.3, -0.25) is 14.9 Å². The molecular formula is C14H14N2O4. The molecule has 0 aliphatic carbocycles. The van der Waals surface area contributed by atoms with Gasteiger partial charge in [0.2, 0.25) is 0 Å². The maximum atomic E-state index is 12.1. The molecule has 2 rings (SSSR count). The summed E-state index contributed by atoms with van der Waals surface area (Å²) in [7, 11) is 0. The largest absolute Gasteiger partial charge is 0.467 e. The molecule has 2 aromatic rings. The van der Waals surface area contributed by atoms with Gasteiger partial charge in [0.1, 0.15) is 5.76 Å². The van der Waals surface area contributed by atoms with Crippen molar-refractivity contribution in [3.05, 3.63) is 63.6 Å². The summed E-state index contributed by atoms with van der Waals surface area (Å²) < 4.78 is 5.20. The van der Waals surface area contributed by atoms with Gasteiger partial charge in [-0.25, -0.2) is 0 Å². The summed E-state index contributed by atoms with van der Waals surface area (Å²) in [6.45, 7) is 3.40. The lowest BCUT2D eigenvalue weighted by molar-refractivity contribution is -0.385. The third-order valence-corrected chi connectivity index (χ3v) is 2.97. The molecule has 6 heteroatoms. The van der Waals surface area contributed by atoms with Crippen molar-refractivity contribution in [1.82, 2.24) is 5.32 Å². The molecule has 0 aliphatic heterocycles. The van der Waals surface area contributed by atoms with Crippen LogP contribution >= 0.6 is 0 Å². The average molecular weight is 274 g/mol. The van der Waals surface area contributed by atoms with Crippen LogP contribution in [-0.2, 0) is 0 Å². The molecule has 1 heterocycles. The minimum atomic E-state index is -0.470. The van der Waals surface area contributed by atoms with Crippen LogP contribution in [0.4, 0.5) is 5.69 Å². The summed E-state index contributed by atoms with van der Waals surface area (Å²) in [6.07, 6.45) is 1.54. The van der Waals surface area contributed by atoms with Crippen molar-refractivity contribution in [2.24, 2.45) is 0 Å². The zero-order valence-electron chi connectivity index (χ0n) is 11.1. The first-order valence-corrected chi connectivity index (χ1v) is 6.08. The average Bonchev–Trinajstić information content (AvgIpc) is 2.91. The molecule has 6 nitrogen and oxygen atoms in total. The molecule has 0 radical (unpaired) electrons. The number of hydrogen-bond donors (Lipinski definition) is 1. The first-order chi connectivity index (χ1) is 9.49. The normalized spacial score (nSPS) is 11.9. The van der Waals surface area contributed by atoms with Gasteiger partial charge in [0, 0.05) is 17.2 Å². The third kappa shape index (κ3) is 2.85. The van der Waals surface area contributed by atoms with E-state index in [1.54, 1.807) is 26.0 Å². The molecule has 0 spiro atoms. The highest BCUT2D eigenvalue weighted by molar-refractivity contribution is 5.94. The van der Waals surface area contributed by atoms with Crippen LogP contribution < -0.4 is 5.32 Å². The van der Waals surface area contributed by atoms with Crippen molar-refractivity contribution >= 4 is 11.6 Å². The number of furan rings is 1. The van der Waals surface area contributed by atoms with Crippen molar-refractivity contribution in [2.45, 2.75) is 19.9 Å². The second kappa shape index (κ2) is 5.56. The number of amides is 1. The number of nitro benzene ring substituents is 1. The number of nitro groups is 1. The highest BCUT2D eigenvalue weighted by Crippen LogP contribution is 2.19. The van der Waals surface area contributed by atoms with Crippen LogP contribution in [0.5, 0.6) is 0 Å². The quantitative estimate of drug-likeness (QED) is 0.686. The van der Waals surface area contributed by atoms with Crippen molar-refractivity contribution in [3.8, 4) is 0 Å².